The van der Waals surface area contributed by atoms with Gasteiger partial charge in [0.05, 0.1) is 6.04 Å². The van der Waals surface area contributed by atoms with Gasteiger partial charge in [-0.15, -0.1) is 11.3 Å². The number of amides is 1. The van der Waals surface area contributed by atoms with Crippen LogP contribution in [-0.2, 0) is 11.2 Å². The van der Waals surface area contributed by atoms with Gasteiger partial charge in [0, 0.05) is 17.8 Å². The monoisotopic (exact) mass is 327 g/mol. The molecule has 2 nitrogen and oxygen atoms in total. The number of thiophene rings is 1. The standard InChI is InChI=1S/C20H25NOS/c1-3-7-15(2)14-19(22)21-12-10-18-17(11-13-23-18)20(21)16-8-5-4-6-9-16/h4-6,8-9,11,13,15,20H,3,7,10,12,14H2,1-2H3. The number of hydrogen-bond donors (Lipinski definition) is 0. The second-order valence-electron chi connectivity index (χ2n) is 6.55. The van der Waals surface area contributed by atoms with Gasteiger partial charge in [0.2, 0.25) is 5.91 Å². The summed E-state index contributed by atoms with van der Waals surface area (Å²) in [4.78, 5) is 16.5. The van der Waals surface area contributed by atoms with E-state index in [0.29, 0.717) is 18.2 Å². The fourth-order valence-electron chi connectivity index (χ4n) is 3.59. The molecule has 3 rings (SSSR count). The summed E-state index contributed by atoms with van der Waals surface area (Å²) >= 11 is 1.82. The number of benzene rings is 1. The zero-order chi connectivity index (χ0) is 16.2. The molecule has 23 heavy (non-hydrogen) atoms. The van der Waals surface area contributed by atoms with Gasteiger partial charge in [0.1, 0.15) is 0 Å². The average molecular weight is 327 g/mol. The summed E-state index contributed by atoms with van der Waals surface area (Å²) in [6.45, 7) is 5.22. The summed E-state index contributed by atoms with van der Waals surface area (Å²) in [5.41, 5.74) is 2.55. The first-order valence-electron chi connectivity index (χ1n) is 8.61. The largest absolute Gasteiger partial charge is 0.331 e. The lowest BCUT2D eigenvalue weighted by molar-refractivity contribution is -0.134. The molecule has 1 amide bonds. The highest BCUT2D eigenvalue weighted by atomic mass is 32.1. The quantitative estimate of drug-likeness (QED) is 0.752. The lowest BCUT2D eigenvalue weighted by Crippen LogP contribution is -2.40. The summed E-state index contributed by atoms with van der Waals surface area (Å²) in [7, 11) is 0. The first-order chi connectivity index (χ1) is 11.2. The van der Waals surface area contributed by atoms with E-state index in [1.807, 2.05) is 17.4 Å². The van der Waals surface area contributed by atoms with Crippen molar-refractivity contribution in [2.45, 2.75) is 45.6 Å². The molecule has 0 saturated carbocycles. The molecule has 2 unspecified atom stereocenters. The summed E-state index contributed by atoms with van der Waals surface area (Å²) in [6.07, 6.45) is 3.92. The number of carbonyl (C=O) groups excluding carboxylic acids is 1. The van der Waals surface area contributed by atoms with Crippen LogP contribution in [0.2, 0.25) is 0 Å². The summed E-state index contributed by atoms with van der Waals surface area (Å²) in [5.74, 6) is 0.768. The maximum atomic E-state index is 12.9. The molecule has 1 aromatic carbocycles. The molecule has 0 bridgehead atoms. The highest BCUT2D eigenvalue weighted by molar-refractivity contribution is 7.10. The van der Waals surface area contributed by atoms with Crippen molar-refractivity contribution in [3.8, 4) is 0 Å². The van der Waals surface area contributed by atoms with Crippen molar-refractivity contribution in [2.75, 3.05) is 6.54 Å². The maximum Gasteiger partial charge on any atom is 0.223 e. The van der Waals surface area contributed by atoms with Crippen LogP contribution in [0.1, 0.15) is 55.2 Å². The lowest BCUT2D eigenvalue weighted by Gasteiger charge is -2.37. The van der Waals surface area contributed by atoms with Crippen molar-refractivity contribution < 1.29 is 4.79 Å². The van der Waals surface area contributed by atoms with Crippen LogP contribution in [0.4, 0.5) is 0 Å². The summed E-state index contributed by atoms with van der Waals surface area (Å²) < 4.78 is 0. The van der Waals surface area contributed by atoms with Crippen molar-refractivity contribution in [1.29, 1.82) is 0 Å². The molecule has 122 valence electrons. The number of hydrogen-bond acceptors (Lipinski definition) is 2. The maximum absolute atomic E-state index is 12.9. The van der Waals surface area contributed by atoms with Crippen LogP contribution >= 0.6 is 11.3 Å². The van der Waals surface area contributed by atoms with Crippen molar-refractivity contribution in [3.63, 3.8) is 0 Å². The van der Waals surface area contributed by atoms with Gasteiger partial charge in [-0.25, -0.2) is 0 Å². The SMILES string of the molecule is CCCC(C)CC(=O)N1CCc2sccc2C1c1ccccc1. The molecule has 0 fully saturated rings. The predicted octanol–water partition coefficient (Wildman–Crippen LogP) is 5.05. The van der Waals surface area contributed by atoms with Gasteiger partial charge < -0.3 is 4.90 Å². The Bertz CT molecular complexity index is 649. The van der Waals surface area contributed by atoms with E-state index in [0.717, 1.165) is 25.8 Å². The predicted molar refractivity (Wildman–Crippen MR) is 96.7 cm³/mol. The van der Waals surface area contributed by atoms with Crippen molar-refractivity contribution in [2.24, 2.45) is 5.92 Å². The molecule has 1 aliphatic heterocycles. The van der Waals surface area contributed by atoms with E-state index < -0.39 is 0 Å². The van der Waals surface area contributed by atoms with Gasteiger partial charge in [0.25, 0.3) is 0 Å². The highest BCUT2D eigenvalue weighted by Gasteiger charge is 2.32. The summed E-state index contributed by atoms with van der Waals surface area (Å²) in [6, 6.07) is 12.8. The molecule has 0 N–H and O–H groups in total. The molecular formula is C20H25NOS. The molecule has 0 radical (unpaired) electrons. The molecule has 0 spiro atoms. The minimum Gasteiger partial charge on any atom is -0.331 e. The third kappa shape index (κ3) is 3.50. The summed E-state index contributed by atoms with van der Waals surface area (Å²) in [5, 5.41) is 2.16. The number of carbonyl (C=O) groups is 1. The molecule has 0 saturated heterocycles. The average Bonchev–Trinajstić information content (AvgIpc) is 3.03. The second kappa shape index (κ2) is 7.31. The molecule has 1 aromatic heterocycles. The van der Waals surface area contributed by atoms with E-state index in [1.54, 1.807) is 0 Å². The fraction of sp³-hybridized carbons (Fsp3) is 0.450. The fourth-order valence-corrected chi connectivity index (χ4v) is 4.49. The van der Waals surface area contributed by atoms with Gasteiger partial charge >= 0.3 is 0 Å². The van der Waals surface area contributed by atoms with Crippen LogP contribution in [0.5, 0.6) is 0 Å². The van der Waals surface area contributed by atoms with E-state index in [2.05, 4.69) is 54.5 Å². The number of fused-ring (bicyclic) bond motifs is 1. The van der Waals surface area contributed by atoms with Crippen LogP contribution < -0.4 is 0 Å². The molecule has 3 heteroatoms. The molecule has 1 aliphatic rings. The number of nitrogens with zero attached hydrogens (tertiary/aromatic N) is 1. The highest BCUT2D eigenvalue weighted by Crippen LogP contribution is 2.38. The van der Waals surface area contributed by atoms with Crippen LogP contribution in [0, 0.1) is 5.92 Å². The normalized spacial score (nSPS) is 18.5. The third-order valence-electron chi connectivity index (χ3n) is 4.71. The lowest BCUT2D eigenvalue weighted by atomic mass is 9.92. The topological polar surface area (TPSA) is 20.3 Å². The van der Waals surface area contributed by atoms with Gasteiger partial charge in [-0.05, 0) is 34.9 Å². The van der Waals surface area contributed by atoms with E-state index in [1.165, 1.54) is 16.0 Å². The smallest absolute Gasteiger partial charge is 0.223 e. The van der Waals surface area contributed by atoms with Gasteiger partial charge in [-0.2, -0.15) is 0 Å². The van der Waals surface area contributed by atoms with E-state index in [-0.39, 0.29) is 6.04 Å². The minimum atomic E-state index is 0.0903. The Kier molecular flexibility index (Phi) is 5.16. The van der Waals surface area contributed by atoms with Crippen LogP contribution in [0.3, 0.4) is 0 Å². The van der Waals surface area contributed by atoms with Gasteiger partial charge in [-0.1, -0.05) is 57.0 Å². The van der Waals surface area contributed by atoms with E-state index in [4.69, 9.17) is 0 Å². The van der Waals surface area contributed by atoms with Crippen LogP contribution in [-0.4, -0.2) is 17.4 Å². The van der Waals surface area contributed by atoms with Crippen molar-refractivity contribution >= 4 is 17.2 Å². The van der Waals surface area contributed by atoms with Crippen LogP contribution in [0.15, 0.2) is 41.8 Å². The van der Waals surface area contributed by atoms with Crippen LogP contribution in [0.25, 0.3) is 0 Å². The molecular weight excluding hydrogens is 302 g/mol. The Hall–Kier alpha value is -1.61. The second-order valence-corrected chi connectivity index (χ2v) is 7.55. The molecule has 2 atom stereocenters. The Labute approximate surface area is 143 Å². The Morgan fingerprint density at radius 1 is 1.30 bits per heavy atom. The van der Waals surface area contributed by atoms with Crippen molar-refractivity contribution in [1.82, 2.24) is 4.90 Å². The van der Waals surface area contributed by atoms with E-state index in [9.17, 15) is 4.79 Å². The molecule has 0 aliphatic carbocycles. The van der Waals surface area contributed by atoms with Crippen molar-refractivity contribution in [3.05, 3.63) is 57.8 Å². The zero-order valence-electron chi connectivity index (χ0n) is 14.0. The first-order valence-corrected chi connectivity index (χ1v) is 9.49. The van der Waals surface area contributed by atoms with E-state index >= 15 is 0 Å². The van der Waals surface area contributed by atoms with Gasteiger partial charge in [-0.3, -0.25) is 4.79 Å². The Balaban J connectivity index is 1.88. The number of rotatable bonds is 5. The first kappa shape index (κ1) is 16.3. The third-order valence-corrected chi connectivity index (χ3v) is 5.70. The van der Waals surface area contributed by atoms with Gasteiger partial charge in [0.15, 0.2) is 0 Å². The minimum absolute atomic E-state index is 0.0903. The zero-order valence-corrected chi connectivity index (χ0v) is 14.8. The Morgan fingerprint density at radius 3 is 2.83 bits per heavy atom. The Morgan fingerprint density at radius 2 is 2.09 bits per heavy atom. The molecule has 2 heterocycles. The molecule has 2 aromatic rings.